The van der Waals surface area contributed by atoms with Gasteiger partial charge in [-0.05, 0) is 31.4 Å². The van der Waals surface area contributed by atoms with Crippen LogP contribution in [0.3, 0.4) is 0 Å². The highest BCUT2D eigenvalue weighted by atomic mass is 79.9. The van der Waals surface area contributed by atoms with Crippen molar-refractivity contribution in [2.24, 2.45) is 0 Å². The minimum Gasteiger partial charge on any atom is -0.349 e. The Morgan fingerprint density at radius 2 is 2.05 bits per heavy atom. The fourth-order valence-electron chi connectivity index (χ4n) is 1.68. The highest BCUT2D eigenvalue weighted by Crippen LogP contribution is 2.22. The number of amides is 2. The Morgan fingerprint density at radius 3 is 2.68 bits per heavy atom. The molecule has 2 N–H and O–H groups in total. The van der Waals surface area contributed by atoms with Gasteiger partial charge in [0, 0.05) is 6.04 Å². The van der Waals surface area contributed by atoms with Gasteiger partial charge >= 0.3 is 0 Å². The van der Waals surface area contributed by atoms with Crippen molar-refractivity contribution >= 4 is 33.4 Å². The second-order valence-corrected chi connectivity index (χ2v) is 5.76. The average molecular weight is 325 g/mol. The number of rotatable bonds is 5. The summed E-state index contributed by atoms with van der Waals surface area (Å²) in [7, 11) is 0. The minimum atomic E-state index is -0.243. The first-order valence-corrected chi connectivity index (χ1v) is 7.38. The molecule has 0 aliphatic heterocycles. The number of para-hydroxylation sites is 1. The van der Waals surface area contributed by atoms with Crippen LogP contribution in [-0.4, -0.2) is 22.7 Å². The zero-order chi connectivity index (χ0) is 13.8. The molecule has 2 amide bonds. The zero-order valence-electron chi connectivity index (χ0n) is 10.8. The Morgan fingerprint density at radius 1 is 1.37 bits per heavy atom. The molecule has 5 heteroatoms. The van der Waals surface area contributed by atoms with Crippen molar-refractivity contribution in [3.05, 3.63) is 29.8 Å². The number of halogens is 1. The summed E-state index contributed by atoms with van der Waals surface area (Å²) in [5.41, 5.74) is 1.07. The summed E-state index contributed by atoms with van der Waals surface area (Å²) in [5, 5.41) is 5.71. The zero-order valence-corrected chi connectivity index (χ0v) is 12.4. The third-order valence-corrected chi connectivity index (χ3v) is 4.05. The number of hydrogen-bond acceptors (Lipinski definition) is 2. The van der Waals surface area contributed by atoms with Gasteiger partial charge in [-0.15, -0.1) is 0 Å². The van der Waals surface area contributed by atoms with Gasteiger partial charge in [0.1, 0.15) is 0 Å². The Labute approximate surface area is 121 Å². The van der Waals surface area contributed by atoms with E-state index >= 15 is 0 Å². The highest BCUT2D eigenvalue weighted by molar-refractivity contribution is 9.10. The van der Waals surface area contributed by atoms with Crippen LogP contribution < -0.4 is 10.6 Å². The van der Waals surface area contributed by atoms with E-state index in [0.717, 1.165) is 12.8 Å². The van der Waals surface area contributed by atoms with Crippen molar-refractivity contribution in [2.75, 3.05) is 5.32 Å². The van der Waals surface area contributed by atoms with E-state index < -0.39 is 0 Å². The van der Waals surface area contributed by atoms with Crippen molar-refractivity contribution in [3.63, 3.8) is 0 Å². The smallest absolute Gasteiger partial charge is 0.253 e. The van der Waals surface area contributed by atoms with Crippen LogP contribution in [0.25, 0.3) is 0 Å². The third kappa shape index (κ3) is 3.80. The molecule has 1 unspecified atom stereocenters. The number of nitrogens with one attached hydrogen (secondary N) is 2. The van der Waals surface area contributed by atoms with E-state index in [4.69, 9.17) is 0 Å². The summed E-state index contributed by atoms with van der Waals surface area (Å²) in [6.07, 6.45) is 2.78. The first-order valence-electron chi connectivity index (χ1n) is 6.46. The van der Waals surface area contributed by atoms with Gasteiger partial charge in [-0.1, -0.05) is 35.0 Å². The number of alkyl halides is 1. The van der Waals surface area contributed by atoms with Gasteiger partial charge in [-0.3, -0.25) is 9.59 Å². The maximum atomic E-state index is 12.1. The number of benzene rings is 1. The van der Waals surface area contributed by atoms with Crippen molar-refractivity contribution in [2.45, 2.75) is 37.1 Å². The molecule has 0 saturated heterocycles. The van der Waals surface area contributed by atoms with Crippen molar-refractivity contribution in [3.8, 4) is 0 Å². The van der Waals surface area contributed by atoms with Gasteiger partial charge in [0.15, 0.2) is 0 Å². The van der Waals surface area contributed by atoms with Crippen LogP contribution in [0.1, 0.15) is 36.5 Å². The fourth-order valence-corrected chi connectivity index (χ4v) is 1.79. The van der Waals surface area contributed by atoms with Crippen LogP contribution in [0.15, 0.2) is 24.3 Å². The first-order chi connectivity index (χ1) is 9.11. The van der Waals surface area contributed by atoms with Gasteiger partial charge in [-0.25, -0.2) is 0 Å². The van der Waals surface area contributed by atoms with Gasteiger partial charge in [-0.2, -0.15) is 0 Å². The molecule has 1 atom stereocenters. The van der Waals surface area contributed by atoms with E-state index in [1.54, 1.807) is 24.3 Å². The lowest BCUT2D eigenvalue weighted by Crippen LogP contribution is -2.28. The average Bonchev–Trinajstić information content (AvgIpc) is 3.22. The van der Waals surface area contributed by atoms with Crippen LogP contribution in [0.2, 0.25) is 0 Å². The molecule has 4 nitrogen and oxygen atoms in total. The predicted molar refractivity (Wildman–Crippen MR) is 78.6 cm³/mol. The summed E-state index contributed by atoms with van der Waals surface area (Å²) in [6, 6.07) is 7.37. The molecule has 1 aromatic carbocycles. The summed E-state index contributed by atoms with van der Waals surface area (Å²) < 4.78 is 0. The first kappa shape index (κ1) is 14.1. The number of carbonyl (C=O) groups excluding carboxylic acids is 2. The largest absolute Gasteiger partial charge is 0.349 e. The summed E-state index contributed by atoms with van der Waals surface area (Å²) in [6.45, 7) is 1.92. The maximum Gasteiger partial charge on any atom is 0.253 e. The molecule has 0 heterocycles. The molecule has 0 aromatic heterocycles. The molecule has 1 fully saturated rings. The van der Waals surface area contributed by atoms with Crippen LogP contribution in [0.5, 0.6) is 0 Å². The molecule has 102 valence electrons. The quantitative estimate of drug-likeness (QED) is 0.818. The lowest BCUT2D eigenvalue weighted by Gasteiger charge is -2.13. The normalized spacial score (nSPS) is 15.7. The molecule has 0 bridgehead atoms. The van der Waals surface area contributed by atoms with Crippen LogP contribution in [0, 0.1) is 0 Å². The van der Waals surface area contributed by atoms with Gasteiger partial charge in [0.05, 0.1) is 16.1 Å². The Kier molecular flexibility index (Phi) is 4.58. The monoisotopic (exact) mass is 324 g/mol. The molecule has 1 aliphatic carbocycles. The van der Waals surface area contributed by atoms with Crippen LogP contribution in [0.4, 0.5) is 5.69 Å². The lowest BCUT2D eigenvalue weighted by molar-refractivity contribution is -0.115. The lowest BCUT2D eigenvalue weighted by atomic mass is 10.1. The second kappa shape index (κ2) is 6.19. The van der Waals surface area contributed by atoms with Crippen molar-refractivity contribution < 1.29 is 9.59 Å². The Bertz CT molecular complexity index is 486. The molecule has 1 saturated carbocycles. The fraction of sp³-hybridized carbons (Fsp3) is 0.429. The number of carbonyl (C=O) groups is 2. The molecule has 0 spiro atoms. The number of hydrogen-bond donors (Lipinski definition) is 2. The van der Waals surface area contributed by atoms with E-state index in [1.807, 2.05) is 6.92 Å². The van der Waals surface area contributed by atoms with E-state index in [0.29, 0.717) is 23.7 Å². The molecule has 0 radical (unpaired) electrons. The van der Waals surface area contributed by atoms with Crippen molar-refractivity contribution in [1.82, 2.24) is 5.32 Å². The third-order valence-electron chi connectivity index (χ3n) is 2.99. The SMILES string of the molecule is CCC(Br)C(=O)Nc1ccccc1C(=O)NC1CC1. The molecule has 1 aliphatic rings. The summed E-state index contributed by atoms with van der Waals surface area (Å²) in [5.74, 6) is -0.254. The number of anilines is 1. The Balaban J connectivity index is 2.11. The van der Waals surface area contributed by atoms with E-state index in [9.17, 15) is 9.59 Å². The van der Waals surface area contributed by atoms with Crippen LogP contribution in [-0.2, 0) is 4.79 Å². The van der Waals surface area contributed by atoms with Gasteiger partial charge < -0.3 is 10.6 Å². The Hall–Kier alpha value is -1.36. The summed E-state index contributed by atoms with van der Waals surface area (Å²) >= 11 is 3.30. The van der Waals surface area contributed by atoms with Gasteiger partial charge in [0.2, 0.25) is 5.91 Å². The van der Waals surface area contributed by atoms with E-state index in [-0.39, 0.29) is 16.6 Å². The molecular formula is C14H17BrN2O2. The molecule has 2 rings (SSSR count). The summed E-state index contributed by atoms with van der Waals surface area (Å²) in [4.78, 5) is 23.7. The van der Waals surface area contributed by atoms with Gasteiger partial charge in [0.25, 0.3) is 5.91 Å². The highest BCUT2D eigenvalue weighted by Gasteiger charge is 2.25. The molecule has 1 aromatic rings. The topological polar surface area (TPSA) is 58.2 Å². The standard InChI is InChI=1S/C14H17BrN2O2/c1-2-11(15)14(19)17-12-6-4-3-5-10(12)13(18)16-9-7-8-9/h3-6,9,11H,2,7-8H2,1H3,(H,16,18)(H,17,19). The molecular weight excluding hydrogens is 308 g/mol. The maximum absolute atomic E-state index is 12.1. The minimum absolute atomic E-state index is 0.124. The van der Waals surface area contributed by atoms with E-state index in [1.165, 1.54) is 0 Å². The predicted octanol–water partition coefficient (Wildman–Crippen LogP) is 2.69. The van der Waals surface area contributed by atoms with E-state index in [2.05, 4.69) is 26.6 Å². The van der Waals surface area contributed by atoms with Crippen molar-refractivity contribution in [1.29, 1.82) is 0 Å². The second-order valence-electron chi connectivity index (χ2n) is 4.66. The molecule has 19 heavy (non-hydrogen) atoms. The van der Waals surface area contributed by atoms with Crippen LogP contribution >= 0.6 is 15.9 Å².